The van der Waals surface area contributed by atoms with Gasteiger partial charge < -0.3 is 25.2 Å². The number of aromatic nitrogens is 2. The number of aryl methyl sites for hydroxylation is 1. The van der Waals surface area contributed by atoms with Crippen LogP contribution in [-0.2, 0) is 4.79 Å². The molecule has 2 aromatic heterocycles. The molecule has 0 bridgehead atoms. The lowest BCUT2D eigenvalue weighted by molar-refractivity contribution is -0.116. The number of thiocarbonyl (C=S) groups is 1. The number of benzene rings is 2. The maximum Gasteiger partial charge on any atom is 0.335 e. The van der Waals surface area contributed by atoms with Gasteiger partial charge in [-0.05, 0) is 80.2 Å². The van der Waals surface area contributed by atoms with Crippen molar-refractivity contribution < 1.29 is 14.7 Å². The zero-order valence-electron chi connectivity index (χ0n) is 21.0. The fourth-order valence-corrected chi connectivity index (χ4v) is 5.36. The van der Waals surface area contributed by atoms with E-state index in [0.29, 0.717) is 10.8 Å². The molecule has 2 atom stereocenters. The average molecular weight is 526 g/mol. The molecule has 2 aromatic carbocycles. The molecule has 1 fully saturated rings. The van der Waals surface area contributed by atoms with Crippen molar-refractivity contribution in [2.45, 2.75) is 25.9 Å². The van der Waals surface area contributed by atoms with Gasteiger partial charge in [0.15, 0.2) is 5.11 Å². The first-order chi connectivity index (χ1) is 18.3. The van der Waals surface area contributed by atoms with E-state index < -0.39 is 5.97 Å². The molecule has 1 aliphatic rings. The third-order valence-electron chi connectivity index (χ3n) is 6.71. The largest absolute Gasteiger partial charge is 0.478 e. The van der Waals surface area contributed by atoms with E-state index >= 15 is 0 Å². The number of hydrogen-bond donors (Lipinski definition) is 3. The third kappa shape index (κ3) is 4.88. The maximum absolute atomic E-state index is 13.1. The predicted molar refractivity (Wildman–Crippen MR) is 149 cm³/mol. The van der Waals surface area contributed by atoms with Crippen molar-refractivity contribution in [1.29, 1.82) is 0 Å². The van der Waals surface area contributed by atoms with Crippen molar-refractivity contribution in [3.05, 3.63) is 113 Å². The molecule has 0 radical (unpaired) electrons. The minimum atomic E-state index is -0.981. The number of carbonyl (C=O) groups is 2. The van der Waals surface area contributed by atoms with Gasteiger partial charge in [-0.2, -0.15) is 0 Å². The second kappa shape index (κ2) is 10.5. The summed E-state index contributed by atoms with van der Waals surface area (Å²) < 4.78 is 2.03. The number of para-hydroxylation sites is 1. The van der Waals surface area contributed by atoms with Gasteiger partial charge in [0.25, 0.3) is 0 Å². The Morgan fingerprint density at radius 1 is 1.03 bits per heavy atom. The molecule has 1 aliphatic heterocycles. The summed E-state index contributed by atoms with van der Waals surface area (Å²) in [7, 11) is 0. The Morgan fingerprint density at radius 3 is 2.50 bits per heavy atom. The summed E-state index contributed by atoms with van der Waals surface area (Å²) in [6.07, 6.45) is 1.74. The number of anilines is 1. The van der Waals surface area contributed by atoms with Gasteiger partial charge in [0.2, 0.25) is 5.91 Å². The third-order valence-corrected chi connectivity index (χ3v) is 7.06. The van der Waals surface area contributed by atoms with Gasteiger partial charge in [-0.15, -0.1) is 0 Å². The molecular weight excluding hydrogens is 498 g/mol. The Bertz CT molecular complexity index is 1500. The zero-order chi connectivity index (χ0) is 26.8. The van der Waals surface area contributed by atoms with Crippen molar-refractivity contribution >= 4 is 34.9 Å². The highest BCUT2D eigenvalue weighted by Gasteiger charge is 2.42. The van der Waals surface area contributed by atoms with Crippen LogP contribution in [0.15, 0.2) is 85.1 Å². The average Bonchev–Trinajstić information content (AvgIpc) is 3.39. The number of amides is 1. The summed E-state index contributed by atoms with van der Waals surface area (Å²) in [5, 5.41) is 16.3. The highest BCUT2D eigenvalue weighted by atomic mass is 32.1. The number of rotatable bonds is 7. The molecule has 9 heteroatoms. The van der Waals surface area contributed by atoms with Crippen LogP contribution in [0.2, 0.25) is 0 Å². The van der Waals surface area contributed by atoms with Crippen LogP contribution in [0.3, 0.4) is 0 Å². The second-order valence-electron chi connectivity index (χ2n) is 9.19. The van der Waals surface area contributed by atoms with E-state index in [0.717, 1.165) is 28.3 Å². The normalized spacial score (nSPS) is 16.8. The van der Waals surface area contributed by atoms with E-state index in [1.807, 2.05) is 77.9 Å². The van der Waals surface area contributed by atoms with Crippen LogP contribution in [0.25, 0.3) is 5.69 Å². The summed E-state index contributed by atoms with van der Waals surface area (Å²) in [5.41, 5.74) is 5.32. The quantitative estimate of drug-likeness (QED) is 0.298. The minimum Gasteiger partial charge on any atom is -0.478 e. The van der Waals surface area contributed by atoms with Gasteiger partial charge in [-0.3, -0.25) is 9.78 Å². The van der Waals surface area contributed by atoms with Crippen LogP contribution in [-0.4, -0.2) is 43.1 Å². The first-order valence-electron chi connectivity index (χ1n) is 12.2. The topological polar surface area (TPSA) is 99.5 Å². The van der Waals surface area contributed by atoms with Gasteiger partial charge in [0, 0.05) is 29.0 Å². The summed E-state index contributed by atoms with van der Waals surface area (Å²) in [6, 6.07) is 23.4. The van der Waals surface area contributed by atoms with Gasteiger partial charge in [0.05, 0.1) is 23.3 Å². The smallest absolute Gasteiger partial charge is 0.335 e. The molecular formula is C29H27N5O3S. The molecule has 0 spiro atoms. The van der Waals surface area contributed by atoms with E-state index in [4.69, 9.17) is 12.2 Å². The first kappa shape index (κ1) is 25.2. The lowest BCUT2D eigenvalue weighted by atomic mass is 9.96. The molecule has 1 saturated heterocycles. The van der Waals surface area contributed by atoms with Crippen LogP contribution in [0.4, 0.5) is 5.69 Å². The van der Waals surface area contributed by atoms with Gasteiger partial charge in [0.1, 0.15) is 6.54 Å². The van der Waals surface area contributed by atoms with Crippen molar-refractivity contribution in [2.24, 2.45) is 0 Å². The van der Waals surface area contributed by atoms with Crippen molar-refractivity contribution in [1.82, 2.24) is 19.8 Å². The molecule has 0 saturated carbocycles. The number of nitrogens with one attached hydrogen (secondary N) is 2. The van der Waals surface area contributed by atoms with Crippen molar-refractivity contribution in [3.8, 4) is 5.69 Å². The summed E-state index contributed by atoms with van der Waals surface area (Å²) in [4.78, 5) is 31.2. The maximum atomic E-state index is 13.1. The van der Waals surface area contributed by atoms with Crippen LogP contribution in [0.1, 0.15) is 45.1 Å². The number of aromatic carboxylic acids is 1. The molecule has 5 rings (SSSR count). The number of pyridine rings is 1. The Balaban J connectivity index is 1.55. The number of carboxylic acid groups (broad SMARTS) is 1. The molecule has 8 nitrogen and oxygen atoms in total. The number of nitrogens with zero attached hydrogens (tertiary/aromatic N) is 3. The Kier molecular flexibility index (Phi) is 6.93. The Hall–Kier alpha value is -4.50. The van der Waals surface area contributed by atoms with Gasteiger partial charge in [-0.25, -0.2) is 4.79 Å². The summed E-state index contributed by atoms with van der Waals surface area (Å²) >= 11 is 5.73. The SMILES string of the molecule is Cc1cc([C@@H]2[C@@H](c3ccccn3)NC(=S)N2CC(=O)Nc2ccccc2)c(C)n1-c1cccc(C(=O)O)c1. The summed E-state index contributed by atoms with van der Waals surface area (Å²) in [5.74, 6) is -1.17. The predicted octanol–water partition coefficient (Wildman–Crippen LogP) is 4.80. The second-order valence-corrected chi connectivity index (χ2v) is 9.57. The standard InChI is InChI=1S/C29H27N5O3S/c1-18-15-23(19(2)34(18)22-12-8-9-20(16-22)28(36)37)27-26(24-13-6-7-14-30-24)32-29(38)33(27)17-25(35)31-21-10-4-3-5-11-21/h3-16,26-27H,17H2,1-2H3,(H,31,35)(H,32,38)(H,36,37)/t26-,27-/m1/s1. The van der Waals surface area contributed by atoms with Crippen LogP contribution >= 0.6 is 12.2 Å². The number of carboxylic acids is 1. The van der Waals surface area contributed by atoms with E-state index in [-0.39, 0.29) is 30.1 Å². The fourth-order valence-electron chi connectivity index (χ4n) is 5.05. The number of carbonyl (C=O) groups excluding carboxylic acids is 1. The molecule has 38 heavy (non-hydrogen) atoms. The molecule has 1 amide bonds. The molecule has 3 N–H and O–H groups in total. The van der Waals surface area contributed by atoms with Crippen LogP contribution in [0, 0.1) is 13.8 Å². The summed E-state index contributed by atoms with van der Waals surface area (Å²) in [6.45, 7) is 4.02. The monoisotopic (exact) mass is 525 g/mol. The van der Waals surface area contributed by atoms with E-state index in [1.165, 1.54) is 0 Å². The highest BCUT2D eigenvalue weighted by Crippen LogP contribution is 2.41. The van der Waals surface area contributed by atoms with Crippen molar-refractivity contribution in [2.75, 3.05) is 11.9 Å². The highest BCUT2D eigenvalue weighted by molar-refractivity contribution is 7.80. The lowest BCUT2D eigenvalue weighted by Gasteiger charge is -2.27. The molecule has 192 valence electrons. The lowest BCUT2D eigenvalue weighted by Crippen LogP contribution is -2.37. The fraction of sp³-hybridized carbons (Fsp3) is 0.172. The molecule has 4 aromatic rings. The molecule has 0 aliphatic carbocycles. The van der Waals surface area contributed by atoms with Crippen LogP contribution in [0.5, 0.6) is 0 Å². The van der Waals surface area contributed by atoms with E-state index in [1.54, 1.807) is 24.4 Å². The first-order valence-corrected chi connectivity index (χ1v) is 12.6. The number of hydrogen-bond acceptors (Lipinski definition) is 4. The molecule has 3 heterocycles. The van der Waals surface area contributed by atoms with Crippen LogP contribution < -0.4 is 10.6 Å². The molecule has 0 unspecified atom stereocenters. The van der Waals surface area contributed by atoms with Gasteiger partial charge >= 0.3 is 5.97 Å². The van der Waals surface area contributed by atoms with Gasteiger partial charge in [-0.1, -0.05) is 30.3 Å². The Morgan fingerprint density at radius 2 is 1.79 bits per heavy atom. The van der Waals surface area contributed by atoms with Crippen molar-refractivity contribution in [3.63, 3.8) is 0 Å². The Labute approximate surface area is 225 Å². The zero-order valence-corrected chi connectivity index (χ0v) is 21.8. The van der Waals surface area contributed by atoms with E-state index in [9.17, 15) is 14.7 Å². The van der Waals surface area contributed by atoms with E-state index in [2.05, 4.69) is 21.7 Å². The minimum absolute atomic E-state index is 0.0485.